The second kappa shape index (κ2) is 10.8. The number of aryl methyl sites for hydroxylation is 1. The summed E-state index contributed by atoms with van der Waals surface area (Å²) in [6.45, 7) is 4.20. The van der Waals surface area contributed by atoms with Gasteiger partial charge in [0.05, 0.1) is 12.9 Å². The number of carbonyl (C=O) groups excluding carboxylic acids is 2. The third-order valence-corrected chi connectivity index (χ3v) is 5.49. The Morgan fingerprint density at radius 2 is 1.86 bits per heavy atom. The average molecular weight is 401 g/mol. The highest BCUT2D eigenvalue weighted by Gasteiger charge is 2.25. The number of hydrogen-bond acceptors (Lipinski definition) is 4. The molecule has 0 heterocycles. The highest BCUT2D eigenvalue weighted by molar-refractivity contribution is 7.99. The van der Waals surface area contributed by atoms with Crippen molar-refractivity contribution in [3.05, 3.63) is 65.2 Å². The molecule has 2 amide bonds. The zero-order valence-electron chi connectivity index (χ0n) is 16.9. The first-order valence-electron chi connectivity index (χ1n) is 9.22. The summed E-state index contributed by atoms with van der Waals surface area (Å²) in [5, 5.41) is 2.64. The molecule has 0 spiro atoms. The molecule has 6 heteroatoms. The quantitative estimate of drug-likeness (QED) is 0.701. The average Bonchev–Trinajstić information content (AvgIpc) is 2.71. The van der Waals surface area contributed by atoms with Crippen LogP contribution in [0.3, 0.4) is 0 Å². The van der Waals surface area contributed by atoms with Gasteiger partial charge in [-0.25, -0.2) is 0 Å². The van der Waals surface area contributed by atoms with Crippen LogP contribution in [0, 0.1) is 6.92 Å². The summed E-state index contributed by atoms with van der Waals surface area (Å²) in [4.78, 5) is 26.7. The van der Waals surface area contributed by atoms with E-state index in [-0.39, 0.29) is 11.8 Å². The molecule has 0 aliphatic rings. The number of nitrogens with zero attached hydrogens (tertiary/aromatic N) is 1. The first kappa shape index (κ1) is 21.8. The summed E-state index contributed by atoms with van der Waals surface area (Å²) in [5.74, 6) is 1.65. The number of amides is 2. The summed E-state index contributed by atoms with van der Waals surface area (Å²) in [5.41, 5.74) is 3.28. The highest BCUT2D eigenvalue weighted by Crippen LogP contribution is 2.18. The maximum absolute atomic E-state index is 12.9. The highest BCUT2D eigenvalue weighted by atomic mass is 32.2. The maximum Gasteiger partial charge on any atom is 0.242 e. The molecule has 2 rings (SSSR count). The summed E-state index contributed by atoms with van der Waals surface area (Å²) < 4.78 is 5.16. The number of carbonyl (C=O) groups is 2. The van der Waals surface area contributed by atoms with Crippen molar-refractivity contribution >= 4 is 23.6 Å². The Bertz CT molecular complexity index is 793. The molecule has 28 heavy (non-hydrogen) atoms. The topological polar surface area (TPSA) is 58.6 Å². The van der Waals surface area contributed by atoms with Crippen LogP contribution in [-0.4, -0.2) is 42.7 Å². The minimum Gasteiger partial charge on any atom is -0.497 e. The van der Waals surface area contributed by atoms with Crippen LogP contribution < -0.4 is 10.1 Å². The number of ether oxygens (including phenoxy) is 1. The van der Waals surface area contributed by atoms with Crippen molar-refractivity contribution in [3.8, 4) is 5.75 Å². The van der Waals surface area contributed by atoms with E-state index in [0.29, 0.717) is 12.3 Å². The molecule has 1 unspecified atom stereocenters. The lowest BCUT2D eigenvalue weighted by Gasteiger charge is -2.28. The molecule has 2 aromatic rings. The Kier molecular flexibility index (Phi) is 8.39. The third-order valence-electron chi connectivity index (χ3n) is 4.50. The van der Waals surface area contributed by atoms with Crippen molar-refractivity contribution in [2.45, 2.75) is 32.2 Å². The Morgan fingerprint density at radius 3 is 2.46 bits per heavy atom. The second-order valence-electron chi connectivity index (χ2n) is 6.64. The Balaban J connectivity index is 2.01. The molecule has 0 saturated heterocycles. The number of thioether (sulfide) groups is 1. The van der Waals surface area contributed by atoms with Gasteiger partial charge >= 0.3 is 0 Å². The van der Waals surface area contributed by atoms with Crippen molar-refractivity contribution < 1.29 is 14.3 Å². The largest absolute Gasteiger partial charge is 0.497 e. The number of hydrogen-bond donors (Lipinski definition) is 1. The third kappa shape index (κ3) is 6.30. The van der Waals surface area contributed by atoms with Crippen molar-refractivity contribution in [3.63, 3.8) is 0 Å². The molecule has 2 aromatic carbocycles. The molecular weight excluding hydrogens is 372 g/mol. The molecule has 0 aromatic heterocycles. The summed E-state index contributed by atoms with van der Waals surface area (Å²) in [6.07, 6.45) is 0. The molecule has 1 N–H and O–H groups in total. The van der Waals surface area contributed by atoms with E-state index in [2.05, 4.69) is 5.32 Å². The fraction of sp³-hybridized carbons (Fsp3) is 0.364. The SMILES string of the molecule is CNC(=O)C(C)N(Cc1cccc(C)c1)C(=O)CSCc1ccc(OC)cc1. The first-order valence-corrected chi connectivity index (χ1v) is 10.4. The summed E-state index contributed by atoms with van der Waals surface area (Å²) in [7, 11) is 3.23. The van der Waals surface area contributed by atoms with Crippen LogP contribution in [0.15, 0.2) is 48.5 Å². The number of benzene rings is 2. The van der Waals surface area contributed by atoms with Crippen molar-refractivity contribution in [1.82, 2.24) is 10.2 Å². The number of methoxy groups -OCH3 is 1. The smallest absolute Gasteiger partial charge is 0.242 e. The molecule has 5 nitrogen and oxygen atoms in total. The zero-order chi connectivity index (χ0) is 20.5. The fourth-order valence-corrected chi connectivity index (χ4v) is 3.73. The van der Waals surface area contributed by atoms with Crippen LogP contribution in [0.1, 0.15) is 23.6 Å². The van der Waals surface area contributed by atoms with Gasteiger partial charge in [-0.3, -0.25) is 9.59 Å². The maximum atomic E-state index is 12.9. The molecule has 0 aliphatic heterocycles. The van der Waals surface area contributed by atoms with E-state index in [1.807, 2.05) is 55.5 Å². The molecule has 0 saturated carbocycles. The van der Waals surface area contributed by atoms with Gasteiger partial charge in [-0.05, 0) is 37.1 Å². The van der Waals surface area contributed by atoms with Crippen molar-refractivity contribution in [2.75, 3.05) is 19.9 Å². The van der Waals surface area contributed by atoms with Crippen LogP contribution in [0.4, 0.5) is 0 Å². The predicted molar refractivity (Wildman–Crippen MR) is 114 cm³/mol. The van der Waals surface area contributed by atoms with Gasteiger partial charge in [0.25, 0.3) is 0 Å². The van der Waals surface area contributed by atoms with Gasteiger partial charge in [-0.2, -0.15) is 0 Å². The van der Waals surface area contributed by atoms with E-state index in [9.17, 15) is 9.59 Å². The lowest BCUT2D eigenvalue weighted by atomic mass is 10.1. The summed E-state index contributed by atoms with van der Waals surface area (Å²) in [6, 6.07) is 15.3. The van der Waals surface area contributed by atoms with Crippen LogP contribution in [0.2, 0.25) is 0 Å². The Morgan fingerprint density at radius 1 is 1.14 bits per heavy atom. The first-order chi connectivity index (χ1) is 13.4. The minimum atomic E-state index is -0.528. The Labute approximate surface area is 171 Å². The summed E-state index contributed by atoms with van der Waals surface area (Å²) >= 11 is 1.54. The van der Waals surface area contributed by atoms with Gasteiger partial charge in [0.15, 0.2) is 0 Å². The van der Waals surface area contributed by atoms with Crippen molar-refractivity contribution in [2.24, 2.45) is 0 Å². The van der Waals surface area contributed by atoms with E-state index < -0.39 is 6.04 Å². The molecule has 1 atom stereocenters. The van der Waals surface area contributed by atoms with Gasteiger partial charge < -0.3 is 15.0 Å². The van der Waals surface area contributed by atoms with Crippen LogP contribution in [-0.2, 0) is 21.9 Å². The van der Waals surface area contributed by atoms with E-state index in [4.69, 9.17) is 4.74 Å². The van der Waals surface area contributed by atoms with Crippen LogP contribution >= 0.6 is 11.8 Å². The normalized spacial score (nSPS) is 11.6. The number of likely N-dealkylation sites (N-methyl/N-ethyl adjacent to an activating group) is 1. The van der Waals surface area contributed by atoms with E-state index >= 15 is 0 Å². The standard InChI is InChI=1S/C22H28N2O3S/c1-16-6-5-7-19(12-16)13-24(17(2)22(26)23-3)21(25)15-28-14-18-8-10-20(27-4)11-9-18/h5-12,17H,13-15H2,1-4H3,(H,23,26). The predicted octanol–water partition coefficient (Wildman–Crippen LogP) is 3.40. The van der Waals surface area contributed by atoms with Gasteiger partial charge in [0.2, 0.25) is 11.8 Å². The zero-order valence-corrected chi connectivity index (χ0v) is 17.7. The fourth-order valence-electron chi connectivity index (χ4n) is 2.86. The lowest BCUT2D eigenvalue weighted by molar-refractivity contribution is -0.138. The molecule has 0 aliphatic carbocycles. The molecule has 0 bridgehead atoms. The monoisotopic (exact) mass is 400 g/mol. The minimum absolute atomic E-state index is 0.0453. The molecule has 0 radical (unpaired) electrons. The van der Waals surface area contributed by atoms with E-state index in [1.165, 1.54) is 0 Å². The molecule has 150 valence electrons. The number of nitrogens with one attached hydrogen (secondary N) is 1. The van der Waals surface area contributed by atoms with Gasteiger partial charge in [0, 0.05) is 19.3 Å². The van der Waals surface area contributed by atoms with E-state index in [1.54, 1.807) is 37.7 Å². The van der Waals surface area contributed by atoms with Crippen LogP contribution in [0.25, 0.3) is 0 Å². The van der Waals surface area contributed by atoms with E-state index in [0.717, 1.165) is 28.2 Å². The molecule has 0 fully saturated rings. The number of rotatable bonds is 9. The Hall–Kier alpha value is -2.47. The van der Waals surface area contributed by atoms with Gasteiger partial charge in [0.1, 0.15) is 11.8 Å². The van der Waals surface area contributed by atoms with Gasteiger partial charge in [-0.15, -0.1) is 11.8 Å². The van der Waals surface area contributed by atoms with Gasteiger partial charge in [-0.1, -0.05) is 42.0 Å². The lowest BCUT2D eigenvalue weighted by Crippen LogP contribution is -2.47. The second-order valence-corrected chi connectivity index (χ2v) is 7.63. The van der Waals surface area contributed by atoms with Crippen LogP contribution in [0.5, 0.6) is 5.75 Å². The van der Waals surface area contributed by atoms with Crippen molar-refractivity contribution in [1.29, 1.82) is 0 Å². The molecular formula is C22H28N2O3S.